The lowest BCUT2D eigenvalue weighted by Crippen LogP contribution is -2.38. The second-order valence-electron chi connectivity index (χ2n) is 5.65. The third-order valence-corrected chi connectivity index (χ3v) is 3.56. The number of esters is 1. The predicted octanol–water partition coefficient (Wildman–Crippen LogP) is 2.11. The zero-order chi connectivity index (χ0) is 17.0. The van der Waals surface area contributed by atoms with Crippen molar-refractivity contribution >= 4 is 22.8 Å². The number of fused-ring (bicyclic) bond motifs is 1. The van der Waals surface area contributed by atoms with Crippen molar-refractivity contribution in [2.45, 2.75) is 26.8 Å². The SMILES string of the molecule is CC(C)[C@H](C)NC(=O)COC(=O)c1cc(=O)c2ccccc2o1. The molecule has 1 N–H and O–H groups in total. The molecular formula is C17H19NO5. The molecule has 122 valence electrons. The molecule has 2 rings (SSSR count). The quantitative estimate of drug-likeness (QED) is 0.854. The van der Waals surface area contributed by atoms with E-state index in [1.807, 2.05) is 20.8 Å². The van der Waals surface area contributed by atoms with Gasteiger partial charge in [0, 0.05) is 12.1 Å². The average molecular weight is 317 g/mol. The van der Waals surface area contributed by atoms with Crippen molar-refractivity contribution in [3.8, 4) is 0 Å². The Bertz CT molecular complexity index is 778. The Labute approximate surface area is 133 Å². The van der Waals surface area contributed by atoms with E-state index in [1.165, 1.54) is 0 Å². The Morgan fingerprint density at radius 1 is 1.22 bits per heavy atom. The highest BCUT2D eigenvalue weighted by Crippen LogP contribution is 2.12. The fourth-order valence-electron chi connectivity index (χ4n) is 1.87. The average Bonchev–Trinajstić information content (AvgIpc) is 2.52. The number of carbonyl (C=O) groups is 2. The molecule has 0 aliphatic carbocycles. The largest absolute Gasteiger partial charge is 0.450 e. The fourth-order valence-corrected chi connectivity index (χ4v) is 1.87. The summed E-state index contributed by atoms with van der Waals surface area (Å²) < 4.78 is 10.2. The monoisotopic (exact) mass is 317 g/mol. The van der Waals surface area contributed by atoms with Crippen LogP contribution in [-0.2, 0) is 9.53 Å². The molecule has 23 heavy (non-hydrogen) atoms. The summed E-state index contributed by atoms with van der Waals surface area (Å²) in [6.07, 6.45) is 0. The van der Waals surface area contributed by atoms with Gasteiger partial charge in [0.25, 0.3) is 5.91 Å². The number of para-hydroxylation sites is 1. The van der Waals surface area contributed by atoms with Crippen LogP contribution in [0.25, 0.3) is 11.0 Å². The van der Waals surface area contributed by atoms with Crippen molar-refractivity contribution in [1.29, 1.82) is 0 Å². The maximum absolute atomic E-state index is 11.9. The lowest BCUT2D eigenvalue weighted by molar-refractivity contribution is -0.125. The van der Waals surface area contributed by atoms with Gasteiger partial charge in [-0.15, -0.1) is 0 Å². The molecule has 1 atom stereocenters. The van der Waals surface area contributed by atoms with Gasteiger partial charge < -0.3 is 14.5 Å². The molecule has 2 aromatic rings. The number of nitrogens with one attached hydrogen (secondary N) is 1. The predicted molar refractivity (Wildman–Crippen MR) is 85.2 cm³/mol. The summed E-state index contributed by atoms with van der Waals surface area (Å²) in [7, 11) is 0. The minimum absolute atomic E-state index is 0.0280. The van der Waals surface area contributed by atoms with Gasteiger partial charge in [0.05, 0.1) is 5.39 Å². The Hall–Kier alpha value is -2.63. The highest BCUT2D eigenvalue weighted by atomic mass is 16.5. The number of amides is 1. The highest BCUT2D eigenvalue weighted by Gasteiger charge is 2.16. The van der Waals surface area contributed by atoms with E-state index in [1.54, 1.807) is 24.3 Å². The molecule has 1 aromatic heterocycles. The summed E-state index contributed by atoms with van der Waals surface area (Å²) in [5.41, 5.74) is -0.0403. The first kappa shape index (κ1) is 16.7. The van der Waals surface area contributed by atoms with Crippen LogP contribution in [0.1, 0.15) is 31.3 Å². The molecule has 1 aromatic carbocycles. The summed E-state index contributed by atoms with van der Waals surface area (Å²) in [6.45, 7) is 5.39. The zero-order valence-electron chi connectivity index (χ0n) is 13.3. The van der Waals surface area contributed by atoms with Crippen LogP contribution in [0.3, 0.4) is 0 Å². The van der Waals surface area contributed by atoms with Crippen LogP contribution in [-0.4, -0.2) is 24.5 Å². The molecule has 0 aliphatic heterocycles. The van der Waals surface area contributed by atoms with Crippen molar-refractivity contribution in [1.82, 2.24) is 5.32 Å². The molecule has 6 nitrogen and oxygen atoms in total. The lowest BCUT2D eigenvalue weighted by atomic mass is 10.1. The van der Waals surface area contributed by atoms with Crippen molar-refractivity contribution in [2.24, 2.45) is 5.92 Å². The van der Waals surface area contributed by atoms with Crippen molar-refractivity contribution in [3.63, 3.8) is 0 Å². The number of hydrogen-bond acceptors (Lipinski definition) is 5. The van der Waals surface area contributed by atoms with Crippen LogP contribution >= 0.6 is 0 Å². The fraction of sp³-hybridized carbons (Fsp3) is 0.353. The van der Waals surface area contributed by atoms with Gasteiger partial charge >= 0.3 is 5.97 Å². The van der Waals surface area contributed by atoms with Gasteiger partial charge in [-0.2, -0.15) is 0 Å². The van der Waals surface area contributed by atoms with Gasteiger partial charge in [-0.05, 0) is 25.0 Å². The minimum atomic E-state index is -0.847. The van der Waals surface area contributed by atoms with Gasteiger partial charge in [0.2, 0.25) is 5.76 Å². The third kappa shape index (κ3) is 4.18. The minimum Gasteiger partial charge on any atom is -0.450 e. The van der Waals surface area contributed by atoms with E-state index in [0.29, 0.717) is 11.0 Å². The molecule has 1 heterocycles. The zero-order valence-corrected chi connectivity index (χ0v) is 13.3. The van der Waals surface area contributed by atoms with E-state index in [0.717, 1.165) is 6.07 Å². The smallest absolute Gasteiger partial charge is 0.374 e. The molecule has 1 amide bonds. The topological polar surface area (TPSA) is 85.6 Å². The van der Waals surface area contributed by atoms with Gasteiger partial charge in [-0.3, -0.25) is 9.59 Å². The standard InChI is InChI=1S/C17H19NO5/c1-10(2)11(3)18-16(20)9-22-17(21)15-8-13(19)12-6-4-5-7-14(12)23-15/h4-8,10-11H,9H2,1-3H3,(H,18,20)/t11-/m0/s1. The van der Waals surface area contributed by atoms with E-state index in [4.69, 9.17) is 9.15 Å². The maximum Gasteiger partial charge on any atom is 0.374 e. The van der Waals surface area contributed by atoms with Crippen LogP contribution in [0.2, 0.25) is 0 Å². The van der Waals surface area contributed by atoms with Gasteiger partial charge in [-0.1, -0.05) is 26.0 Å². The molecule has 0 aliphatic rings. The molecule has 0 fully saturated rings. The van der Waals surface area contributed by atoms with Crippen LogP contribution in [0.5, 0.6) is 0 Å². The third-order valence-electron chi connectivity index (χ3n) is 3.56. The van der Waals surface area contributed by atoms with Gasteiger partial charge in [-0.25, -0.2) is 4.79 Å². The van der Waals surface area contributed by atoms with Crippen LogP contribution < -0.4 is 10.7 Å². The van der Waals surface area contributed by atoms with E-state index in [2.05, 4.69) is 5.32 Å². The summed E-state index contributed by atoms with van der Waals surface area (Å²) in [6, 6.07) is 7.64. The first-order chi connectivity index (χ1) is 10.9. The number of benzene rings is 1. The van der Waals surface area contributed by atoms with Gasteiger partial charge in [0.1, 0.15) is 5.58 Å². The van der Waals surface area contributed by atoms with Crippen LogP contribution in [0, 0.1) is 5.92 Å². The molecular weight excluding hydrogens is 298 g/mol. The lowest BCUT2D eigenvalue weighted by Gasteiger charge is -2.17. The van der Waals surface area contributed by atoms with Crippen molar-refractivity contribution < 1.29 is 18.7 Å². The Morgan fingerprint density at radius 3 is 2.61 bits per heavy atom. The van der Waals surface area contributed by atoms with Crippen molar-refractivity contribution in [2.75, 3.05) is 6.61 Å². The second-order valence-corrected chi connectivity index (χ2v) is 5.65. The Kier molecular flexibility index (Phi) is 5.16. The molecule has 0 bridgehead atoms. The first-order valence-corrected chi connectivity index (χ1v) is 7.38. The summed E-state index contributed by atoms with van der Waals surface area (Å²) in [5, 5.41) is 3.10. The number of carbonyl (C=O) groups excluding carboxylic acids is 2. The van der Waals surface area contributed by atoms with Crippen LogP contribution in [0.15, 0.2) is 39.5 Å². The molecule has 0 spiro atoms. The van der Waals surface area contributed by atoms with E-state index in [-0.39, 0.29) is 23.1 Å². The molecule has 0 radical (unpaired) electrons. The van der Waals surface area contributed by atoms with E-state index < -0.39 is 18.5 Å². The molecule has 0 saturated carbocycles. The van der Waals surface area contributed by atoms with E-state index in [9.17, 15) is 14.4 Å². The number of ether oxygens (including phenoxy) is 1. The second kappa shape index (κ2) is 7.09. The number of hydrogen-bond donors (Lipinski definition) is 1. The normalized spacial score (nSPS) is 12.2. The van der Waals surface area contributed by atoms with Crippen LogP contribution in [0.4, 0.5) is 0 Å². The summed E-state index contributed by atoms with van der Waals surface area (Å²) in [5.74, 6) is -1.20. The summed E-state index contributed by atoms with van der Waals surface area (Å²) >= 11 is 0. The maximum atomic E-state index is 11.9. The molecule has 0 saturated heterocycles. The molecule has 6 heteroatoms. The molecule has 0 unspecified atom stereocenters. The van der Waals surface area contributed by atoms with E-state index >= 15 is 0 Å². The highest BCUT2D eigenvalue weighted by molar-refractivity contribution is 5.90. The van der Waals surface area contributed by atoms with Crippen molar-refractivity contribution in [3.05, 3.63) is 46.3 Å². The first-order valence-electron chi connectivity index (χ1n) is 7.38. The Balaban J connectivity index is 2.04. The number of rotatable bonds is 5. The summed E-state index contributed by atoms with van der Waals surface area (Å²) in [4.78, 5) is 35.5. The Morgan fingerprint density at radius 2 is 1.91 bits per heavy atom. The van der Waals surface area contributed by atoms with Gasteiger partial charge in [0.15, 0.2) is 12.0 Å².